The van der Waals surface area contributed by atoms with Gasteiger partial charge in [0.05, 0.1) is 6.61 Å². The van der Waals surface area contributed by atoms with Crippen LogP contribution in [0.2, 0.25) is 0 Å². The molecule has 31 heavy (non-hydrogen) atoms. The number of thiol groups is 1. The molecular formula is C22H27N3O4S2. The third-order valence-electron chi connectivity index (χ3n) is 4.71. The summed E-state index contributed by atoms with van der Waals surface area (Å²) in [5.74, 6) is 1.34. The summed E-state index contributed by atoms with van der Waals surface area (Å²) in [6.07, 6.45) is 3.61. The van der Waals surface area contributed by atoms with Crippen LogP contribution in [0.1, 0.15) is 37.0 Å². The Hall–Kier alpha value is -2.65. The lowest BCUT2D eigenvalue weighted by Gasteiger charge is -2.15. The molecule has 0 saturated heterocycles. The van der Waals surface area contributed by atoms with E-state index in [1.165, 1.54) is 11.3 Å². The molecule has 0 aliphatic carbocycles. The van der Waals surface area contributed by atoms with Crippen molar-refractivity contribution in [2.45, 2.75) is 40.7 Å². The number of rotatable bonds is 8. The molecule has 3 rings (SSSR count). The van der Waals surface area contributed by atoms with Crippen molar-refractivity contribution in [2.75, 3.05) is 10.9 Å². The second-order valence-corrected chi connectivity index (χ2v) is 9.57. The summed E-state index contributed by atoms with van der Waals surface area (Å²) in [4.78, 5) is 17.6. The highest BCUT2D eigenvalue weighted by molar-refractivity contribution is 7.75. The molecule has 1 aromatic carbocycles. The van der Waals surface area contributed by atoms with Crippen LogP contribution in [0, 0.1) is 12.8 Å². The van der Waals surface area contributed by atoms with Gasteiger partial charge in [-0.3, -0.25) is 0 Å². The number of anilines is 1. The van der Waals surface area contributed by atoms with E-state index in [9.17, 15) is 13.2 Å². The minimum absolute atomic E-state index is 0.0976. The molecule has 0 fully saturated rings. The van der Waals surface area contributed by atoms with Crippen LogP contribution in [0.3, 0.4) is 0 Å². The van der Waals surface area contributed by atoms with Gasteiger partial charge in [0, 0.05) is 29.4 Å². The number of aromatic nitrogens is 2. The average molecular weight is 462 g/mol. The molecule has 0 saturated carbocycles. The molecule has 166 valence electrons. The van der Waals surface area contributed by atoms with Gasteiger partial charge < -0.3 is 9.30 Å². The van der Waals surface area contributed by atoms with Crippen molar-refractivity contribution in [3.63, 3.8) is 0 Å². The summed E-state index contributed by atoms with van der Waals surface area (Å²) in [6.45, 7) is 8.60. The van der Waals surface area contributed by atoms with Gasteiger partial charge in [-0.25, -0.2) is 18.2 Å². The standard InChI is InChI=1S/C22H27N3O4S2/c1-5-29-22(26)25(31(27)28)21-20(13-19(30-21)12-15(2)3)18-8-6-17(7-9-18)14-24-11-10-23-16(24)4/h6-11,13,15,31H,5,12,14H2,1-4H3. The maximum absolute atomic E-state index is 12.4. The minimum Gasteiger partial charge on any atom is -0.449 e. The van der Waals surface area contributed by atoms with E-state index in [1.807, 2.05) is 43.5 Å². The van der Waals surface area contributed by atoms with Crippen LogP contribution in [0.4, 0.5) is 9.80 Å². The summed E-state index contributed by atoms with van der Waals surface area (Å²) < 4.78 is 31.7. The molecule has 2 heterocycles. The maximum Gasteiger partial charge on any atom is 0.428 e. The van der Waals surface area contributed by atoms with Crippen LogP contribution in [-0.2, 0) is 28.6 Å². The number of imidazole rings is 1. The Bertz CT molecular complexity index is 1110. The fourth-order valence-electron chi connectivity index (χ4n) is 3.26. The first kappa shape index (κ1) is 23.0. The Labute approximate surface area is 188 Å². The van der Waals surface area contributed by atoms with Crippen LogP contribution < -0.4 is 4.31 Å². The largest absolute Gasteiger partial charge is 0.449 e. The van der Waals surface area contributed by atoms with E-state index in [-0.39, 0.29) is 6.61 Å². The highest BCUT2D eigenvalue weighted by Crippen LogP contribution is 2.40. The van der Waals surface area contributed by atoms with Crippen molar-refractivity contribution in [2.24, 2.45) is 5.92 Å². The first-order valence-electron chi connectivity index (χ1n) is 10.1. The molecule has 0 radical (unpaired) electrons. The van der Waals surface area contributed by atoms with Gasteiger partial charge in [-0.2, -0.15) is 4.31 Å². The van der Waals surface area contributed by atoms with Gasteiger partial charge in [0.15, 0.2) is 0 Å². The summed E-state index contributed by atoms with van der Waals surface area (Å²) in [7, 11) is -3.18. The summed E-state index contributed by atoms with van der Waals surface area (Å²) >= 11 is 1.31. The Morgan fingerprint density at radius 3 is 2.52 bits per heavy atom. The van der Waals surface area contributed by atoms with E-state index < -0.39 is 17.0 Å². The Morgan fingerprint density at radius 2 is 1.97 bits per heavy atom. The average Bonchev–Trinajstić information content (AvgIpc) is 3.28. The molecule has 7 nitrogen and oxygen atoms in total. The fourth-order valence-corrected chi connectivity index (χ4v) is 5.32. The van der Waals surface area contributed by atoms with Crippen molar-refractivity contribution < 1.29 is 17.9 Å². The van der Waals surface area contributed by atoms with Crippen LogP contribution in [0.25, 0.3) is 11.1 Å². The van der Waals surface area contributed by atoms with Crippen molar-refractivity contribution >= 4 is 33.3 Å². The monoisotopic (exact) mass is 461 g/mol. The first-order chi connectivity index (χ1) is 14.8. The van der Waals surface area contributed by atoms with Gasteiger partial charge in [0.25, 0.3) is 0 Å². The van der Waals surface area contributed by atoms with E-state index in [1.54, 1.807) is 13.1 Å². The highest BCUT2D eigenvalue weighted by Gasteiger charge is 2.26. The van der Waals surface area contributed by atoms with Gasteiger partial charge in [0.2, 0.25) is 10.9 Å². The van der Waals surface area contributed by atoms with Gasteiger partial charge in [-0.15, -0.1) is 11.3 Å². The predicted molar refractivity (Wildman–Crippen MR) is 124 cm³/mol. The number of carbonyl (C=O) groups excluding carboxylic acids is 1. The molecule has 3 aromatic rings. The number of ether oxygens (including phenoxy) is 1. The number of aryl methyl sites for hydroxylation is 1. The second-order valence-electron chi connectivity index (χ2n) is 7.58. The van der Waals surface area contributed by atoms with E-state index in [2.05, 4.69) is 23.4 Å². The van der Waals surface area contributed by atoms with E-state index >= 15 is 0 Å². The molecule has 0 spiro atoms. The molecule has 0 unspecified atom stereocenters. The van der Waals surface area contributed by atoms with Gasteiger partial charge in [-0.05, 0) is 43.4 Å². The van der Waals surface area contributed by atoms with E-state index in [4.69, 9.17) is 4.74 Å². The number of hydrogen-bond acceptors (Lipinski definition) is 6. The van der Waals surface area contributed by atoms with Crippen LogP contribution >= 0.6 is 11.3 Å². The van der Waals surface area contributed by atoms with Crippen LogP contribution in [0.15, 0.2) is 42.7 Å². The third-order valence-corrected chi connectivity index (χ3v) is 6.68. The SMILES string of the molecule is CCOC(=O)N(c1sc(CC(C)C)cc1-c1ccc(Cn2ccnc2C)cc1)[SH](=O)=O. The third kappa shape index (κ3) is 5.54. The van der Waals surface area contributed by atoms with E-state index in [0.717, 1.165) is 32.6 Å². The summed E-state index contributed by atoms with van der Waals surface area (Å²) in [6, 6.07) is 9.88. The number of thiophene rings is 1. The van der Waals surface area contributed by atoms with Crippen molar-refractivity contribution in [1.29, 1.82) is 0 Å². The van der Waals surface area contributed by atoms with Crippen molar-refractivity contribution in [1.82, 2.24) is 9.55 Å². The normalized spacial score (nSPS) is 11.3. The van der Waals surface area contributed by atoms with E-state index in [0.29, 0.717) is 23.0 Å². The zero-order chi connectivity index (χ0) is 22.5. The lowest BCUT2D eigenvalue weighted by atomic mass is 10.0. The molecule has 0 aliphatic rings. The van der Waals surface area contributed by atoms with Gasteiger partial charge >= 0.3 is 6.09 Å². The maximum atomic E-state index is 12.4. The predicted octanol–water partition coefficient (Wildman–Crippen LogP) is 4.66. The van der Waals surface area contributed by atoms with Crippen molar-refractivity contribution in [3.8, 4) is 11.1 Å². The number of amides is 1. The minimum atomic E-state index is -3.18. The van der Waals surface area contributed by atoms with Gasteiger partial charge in [0.1, 0.15) is 10.8 Å². The lowest BCUT2D eigenvalue weighted by molar-refractivity contribution is 0.164. The Morgan fingerprint density at radius 1 is 1.26 bits per heavy atom. The highest BCUT2D eigenvalue weighted by atomic mass is 32.2. The number of benzene rings is 1. The molecule has 1 amide bonds. The van der Waals surface area contributed by atoms with Crippen LogP contribution in [-0.4, -0.2) is 30.7 Å². The smallest absolute Gasteiger partial charge is 0.428 e. The van der Waals surface area contributed by atoms with Crippen LogP contribution in [0.5, 0.6) is 0 Å². The Kier molecular flexibility index (Phi) is 7.50. The number of carbonyl (C=O) groups is 1. The first-order valence-corrected chi connectivity index (χ1v) is 12.1. The van der Waals surface area contributed by atoms with Crippen molar-refractivity contribution in [3.05, 3.63) is 59.0 Å². The molecule has 0 atom stereocenters. The quantitative estimate of drug-likeness (QED) is 0.494. The Balaban J connectivity index is 1.99. The molecule has 9 heteroatoms. The number of nitrogens with zero attached hydrogens (tertiary/aromatic N) is 3. The lowest BCUT2D eigenvalue weighted by Crippen LogP contribution is -2.29. The van der Waals surface area contributed by atoms with Gasteiger partial charge in [-0.1, -0.05) is 38.1 Å². The molecule has 0 bridgehead atoms. The fraction of sp³-hybridized carbons (Fsp3) is 0.364. The summed E-state index contributed by atoms with van der Waals surface area (Å²) in [5, 5.41) is 0.364. The molecule has 0 N–H and O–H groups in total. The molecule has 2 aromatic heterocycles. The zero-order valence-corrected chi connectivity index (χ0v) is 19.8. The zero-order valence-electron chi connectivity index (χ0n) is 18.1. The topological polar surface area (TPSA) is 81.5 Å². The molecular weight excluding hydrogens is 434 g/mol. The number of hydrogen-bond donors (Lipinski definition) is 1. The molecule has 0 aliphatic heterocycles. The second kappa shape index (κ2) is 10.1. The summed E-state index contributed by atoms with van der Waals surface area (Å²) in [5.41, 5.74) is 2.65.